The third-order valence-electron chi connectivity index (χ3n) is 1.38. The van der Waals surface area contributed by atoms with Gasteiger partial charge in [0, 0.05) is 10.9 Å². The number of thiophene rings is 1. The van der Waals surface area contributed by atoms with Crippen LogP contribution in [0.4, 0.5) is 10.1 Å². The number of rotatable bonds is 0. The van der Waals surface area contributed by atoms with Crippen LogP contribution < -0.4 is 5.32 Å². The van der Waals surface area contributed by atoms with Crippen molar-refractivity contribution in [1.29, 1.82) is 0 Å². The van der Waals surface area contributed by atoms with Crippen LogP contribution in [0.5, 0.6) is 0 Å². The number of anilines is 1. The normalized spacial score (nSPS) is 14.5. The van der Waals surface area contributed by atoms with Crippen LogP contribution in [0.25, 0.3) is 0 Å². The maximum atomic E-state index is 12.7. The Morgan fingerprint density at radius 1 is 1.70 bits per heavy atom. The molecule has 1 aromatic rings. The van der Waals surface area contributed by atoms with Crippen LogP contribution in [0.3, 0.4) is 0 Å². The molecule has 0 saturated heterocycles. The second-order valence-electron chi connectivity index (χ2n) is 2.02. The molecule has 0 fully saturated rings. The third-order valence-corrected chi connectivity index (χ3v) is 2.20. The quantitative estimate of drug-likeness (QED) is 0.609. The van der Waals surface area contributed by atoms with Gasteiger partial charge in [0.2, 0.25) is 0 Å². The summed E-state index contributed by atoms with van der Waals surface area (Å²) in [4.78, 5) is 3.94. The first-order valence-electron chi connectivity index (χ1n) is 2.88. The Morgan fingerprint density at radius 2 is 2.60 bits per heavy atom. The molecule has 0 radical (unpaired) electrons. The molecule has 2 rings (SSSR count). The topological polar surface area (TPSA) is 24.4 Å². The fraction of sp³-hybridized carbons (Fsp3) is 0.167. The lowest BCUT2D eigenvalue weighted by molar-refractivity contribution is 0.659. The van der Waals surface area contributed by atoms with Gasteiger partial charge in [-0.25, -0.2) is 0 Å². The molecule has 1 N–H and O–H groups in total. The van der Waals surface area contributed by atoms with Gasteiger partial charge in [0.1, 0.15) is 0 Å². The SMILES string of the molecule is Fc1scc2c1NC=NC2. The van der Waals surface area contributed by atoms with Crippen LogP contribution in [-0.4, -0.2) is 6.34 Å². The zero-order chi connectivity index (χ0) is 6.97. The van der Waals surface area contributed by atoms with E-state index in [1.54, 1.807) is 5.38 Å². The van der Waals surface area contributed by atoms with E-state index in [0.29, 0.717) is 12.2 Å². The first kappa shape index (κ1) is 5.85. The molecule has 52 valence electrons. The standard InChI is InChI=1S/C6H5FN2S/c7-6-5-4(2-10-6)1-8-3-9-5/h2-3H,1H2,(H,8,9). The molecule has 0 atom stereocenters. The van der Waals surface area contributed by atoms with E-state index < -0.39 is 0 Å². The van der Waals surface area contributed by atoms with Crippen molar-refractivity contribution < 1.29 is 4.39 Å². The van der Waals surface area contributed by atoms with Crippen LogP contribution in [0.15, 0.2) is 10.4 Å². The van der Waals surface area contributed by atoms with Gasteiger partial charge in [-0.05, 0) is 0 Å². The minimum absolute atomic E-state index is 0.152. The lowest BCUT2D eigenvalue weighted by Crippen LogP contribution is -2.03. The number of nitrogens with zero attached hydrogens (tertiary/aromatic N) is 1. The monoisotopic (exact) mass is 156 g/mol. The molecule has 0 amide bonds. The second-order valence-corrected chi connectivity index (χ2v) is 2.85. The van der Waals surface area contributed by atoms with E-state index >= 15 is 0 Å². The van der Waals surface area contributed by atoms with E-state index in [9.17, 15) is 4.39 Å². The Morgan fingerprint density at radius 3 is 3.40 bits per heavy atom. The largest absolute Gasteiger partial charge is 0.343 e. The zero-order valence-electron chi connectivity index (χ0n) is 5.10. The number of hydrogen-bond donors (Lipinski definition) is 1. The highest BCUT2D eigenvalue weighted by Crippen LogP contribution is 2.27. The summed E-state index contributed by atoms with van der Waals surface area (Å²) < 4.78 is 12.7. The molecule has 1 aliphatic rings. The van der Waals surface area contributed by atoms with Crippen LogP contribution in [-0.2, 0) is 6.54 Å². The third kappa shape index (κ3) is 0.724. The Balaban J connectivity index is 2.50. The molecule has 1 aliphatic heterocycles. The van der Waals surface area contributed by atoms with Crippen molar-refractivity contribution in [3.05, 3.63) is 16.1 Å². The second kappa shape index (κ2) is 2.05. The molecular weight excluding hydrogens is 151 g/mol. The fourth-order valence-electron chi connectivity index (χ4n) is 0.887. The molecule has 2 nitrogen and oxygen atoms in total. The summed E-state index contributed by atoms with van der Waals surface area (Å²) >= 11 is 1.11. The summed E-state index contributed by atoms with van der Waals surface area (Å²) in [7, 11) is 0. The Bertz CT molecular complexity index is 279. The predicted molar refractivity (Wildman–Crippen MR) is 40.1 cm³/mol. The van der Waals surface area contributed by atoms with E-state index in [2.05, 4.69) is 10.3 Å². The fourth-order valence-corrected chi connectivity index (χ4v) is 1.63. The van der Waals surface area contributed by atoms with Crippen molar-refractivity contribution in [1.82, 2.24) is 0 Å². The summed E-state index contributed by atoms with van der Waals surface area (Å²) in [6, 6.07) is 0. The van der Waals surface area contributed by atoms with E-state index in [1.807, 2.05) is 0 Å². The average molecular weight is 156 g/mol. The predicted octanol–water partition coefficient (Wildman–Crippen LogP) is 1.84. The first-order chi connectivity index (χ1) is 4.88. The van der Waals surface area contributed by atoms with Crippen molar-refractivity contribution in [2.75, 3.05) is 5.32 Å². The minimum Gasteiger partial charge on any atom is -0.343 e. The van der Waals surface area contributed by atoms with Gasteiger partial charge in [0.05, 0.1) is 18.6 Å². The molecule has 0 unspecified atom stereocenters. The highest BCUT2D eigenvalue weighted by molar-refractivity contribution is 7.08. The highest BCUT2D eigenvalue weighted by Gasteiger charge is 2.11. The summed E-state index contributed by atoms with van der Waals surface area (Å²) in [5, 5.41) is 4.39. The van der Waals surface area contributed by atoms with Crippen molar-refractivity contribution in [3.8, 4) is 0 Å². The van der Waals surface area contributed by atoms with Crippen molar-refractivity contribution >= 4 is 23.4 Å². The van der Waals surface area contributed by atoms with Crippen molar-refractivity contribution in [2.24, 2.45) is 4.99 Å². The van der Waals surface area contributed by atoms with Crippen molar-refractivity contribution in [2.45, 2.75) is 6.54 Å². The van der Waals surface area contributed by atoms with Crippen molar-refractivity contribution in [3.63, 3.8) is 0 Å². The van der Waals surface area contributed by atoms with Gasteiger partial charge in [0.15, 0.2) is 5.13 Å². The molecular formula is C6H5FN2S. The number of nitrogens with one attached hydrogen (secondary N) is 1. The maximum absolute atomic E-state index is 12.7. The molecule has 0 bridgehead atoms. The molecule has 1 aromatic heterocycles. The minimum atomic E-state index is -0.152. The Hall–Kier alpha value is -0.900. The van der Waals surface area contributed by atoms with Gasteiger partial charge in [-0.2, -0.15) is 4.39 Å². The number of halogens is 1. The number of aliphatic imine (C=N–C) groups is 1. The van der Waals surface area contributed by atoms with E-state index in [4.69, 9.17) is 0 Å². The summed E-state index contributed by atoms with van der Waals surface area (Å²) in [5.41, 5.74) is 1.55. The van der Waals surface area contributed by atoms with Gasteiger partial charge < -0.3 is 5.32 Å². The molecule has 4 heteroatoms. The molecule has 10 heavy (non-hydrogen) atoms. The van der Waals surface area contributed by atoms with Gasteiger partial charge in [-0.1, -0.05) is 0 Å². The van der Waals surface area contributed by atoms with Crippen LogP contribution in [0.1, 0.15) is 5.56 Å². The van der Waals surface area contributed by atoms with Gasteiger partial charge in [-0.3, -0.25) is 4.99 Å². The Labute approximate surface area is 61.4 Å². The summed E-state index contributed by atoms with van der Waals surface area (Å²) in [5.74, 6) is 0. The number of fused-ring (bicyclic) bond motifs is 1. The Kier molecular flexibility index (Phi) is 1.20. The maximum Gasteiger partial charge on any atom is 0.200 e. The van der Waals surface area contributed by atoms with Gasteiger partial charge in [0.25, 0.3) is 0 Å². The summed E-state index contributed by atoms with van der Waals surface area (Å²) in [6.07, 6.45) is 1.53. The van der Waals surface area contributed by atoms with Crippen LogP contribution in [0, 0.1) is 5.13 Å². The van der Waals surface area contributed by atoms with Crippen LogP contribution >= 0.6 is 11.3 Å². The van der Waals surface area contributed by atoms with Crippen LogP contribution in [0.2, 0.25) is 0 Å². The lowest BCUT2D eigenvalue weighted by Gasteiger charge is -2.05. The average Bonchev–Trinajstić information content (AvgIpc) is 2.34. The number of hydrogen-bond acceptors (Lipinski definition) is 3. The summed E-state index contributed by atoms with van der Waals surface area (Å²) in [6.45, 7) is 0.600. The van der Waals surface area contributed by atoms with E-state index in [-0.39, 0.29) is 5.13 Å². The highest BCUT2D eigenvalue weighted by atomic mass is 32.1. The van der Waals surface area contributed by atoms with E-state index in [0.717, 1.165) is 16.9 Å². The molecule has 0 spiro atoms. The molecule has 2 heterocycles. The van der Waals surface area contributed by atoms with Gasteiger partial charge >= 0.3 is 0 Å². The van der Waals surface area contributed by atoms with Gasteiger partial charge in [-0.15, -0.1) is 11.3 Å². The first-order valence-corrected chi connectivity index (χ1v) is 3.76. The smallest absolute Gasteiger partial charge is 0.200 e. The molecule has 0 aromatic carbocycles. The zero-order valence-corrected chi connectivity index (χ0v) is 5.91. The molecule has 0 saturated carbocycles. The lowest BCUT2D eigenvalue weighted by atomic mass is 10.3. The van der Waals surface area contributed by atoms with E-state index in [1.165, 1.54) is 6.34 Å². The molecule has 0 aliphatic carbocycles.